The summed E-state index contributed by atoms with van der Waals surface area (Å²) in [5.74, 6) is 0. The van der Waals surface area contributed by atoms with Crippen LogP contribution in [0.15, 0.2) is 12.2 Å². The second kappa shape index (κ2) is 5.45. The van der Waals surface area contributed by atoms with Crippen LogP contribution in [0.1, 0.15) is 20.8 Å². The molecule has 0 spiro atoms. The predicted molar refractivity (Wildman–Crippen MR) is 82.6 cm³/mol. The normalized spacial score (nSPS) is 35.1. The smallest absolute Gasteiger partial charge is 0.192 e. The van der Waals surface area contributed by atoms with Crippen LogP contribution >= 0.6 is 31.9 Å². The summed E-state index contributed by atoms with van der Waals surface area (Å²) < 4.78 is 6.34. The zero-order valence-corrected chi connectivity index (χ0v) is 15.2. The van der Waals surface area contributed by atoms with E-state index in [2.05, 4.69) is 65.7 Å². The van der Waals surface area contributed by atoms with Crippen molar-refractivity contribution in [1.82, 2.24) is 0 Å². The molecule has 0 aromatic rings. The number of hydrogen-bond donors (Lipinski definition) is 1. The number of hydrogen-bond acceptors (Lipinski definition) is 2. The van der Waals surface area contributed by atoms with Gasteiger partial charge < -0.3 is 9.53 Å². The fraction of sp³-hybridized carbons (Fsp3) is 0.833. The number of alkyl halides is 2. The molecule has 100 valence electrons. The maximum absolute atomic E-state index is 9.72. The highest BCUT2D eigenvalue weighted by Crippen LogP contribution is 2.39. The molecule has 2 nitrogen and oxygen atoms in total. The van der Waals surface area contributed by atoms with Gasteiger partial charge in [-0.3, -0.25) is 0 Å². The van der Waals surface area contributed by atoms with Crippen molar-refractivity contribution in [3.05, 3.63) is 12.2 Å². The number of halogens is 2. The summed E-state index contributed by atoms with van der Waals surface area (Å²) >= 11 is 7.12. The maximum Gasteiger partial charge on any atom is 0.192 e. The topological polar surface area (TPSA) is 29.5 Å². The van der Waals surface area contributed by atoms with Crippen LogP contribution < -0.4 is 0 Å². The Morgan fingerprint density at radius 1 is 1.12 bits per heavy atom. The van der Waals surface area contributed by atoms with Gasteiger partial charge in [0.1, 0.15) is 0 Å². The fourth-order valence-corrected chi connectivity index (χ4v) is 3.96. The molecule has 5 heteroatoms. The van der Waals surface area contributed by atoms with Gasteiger partial charge in [0.05, 0.1) is 21.9 Å². The molecule has 0 unspecified atom stereocenters. The lowest BCUT2D eigenvalue weighted by molar-refractivity contribution is 0.164. The van der Waals surface area contributed by atoms with Crippen molar-refractivity contribution in [1.29, 1.82) is 0 Å². The molecule has 1 rings (SSSR count). The van der Waals surface area contributed by atoms with E-state index in [1.165, 1.54) is 0 Å². The molecule has 1 N–H and O–H groups in total. The lowest BCUT2D eigenvalue weighted by atomic mass is 10.0. The van der Waals surface area contributed by atoms with Crippen molar-refractivity contribution in [3.63, 3.8) is 0 Å². The van der Waals surface area contributed by atoms with Gasteiger partial charge in [0, 0.05) is 0 Å². The predicted octanol–water partition coefficient (Wildman–Crippen LogP) is 3.83. The molecule has 0 aromatic heterocycles. The third kappa shape index (κ3) is 3.66. The molecule has 0 bridgehead atoms. The van der Waals surface area contributed by atoms with Crippen LogP contribution in [0.5, 0.6) is 0 Å². The number of rotatable bonds is 2. The van der Waals surface area contributed by atoms with Crippen LogP contribution in [0, 0.1) is 0 Å². The van der Waals surface area contributed by atoms with E-state index in [0.29, 0.717) is 0 Å². The van der Waals surface area contributed by atoms with Crippen LogP contribution in [0.25, 0.3) is 0 Å². The second-order valence-corrected chi connectivity index (χ2v) is 13.0. The van der Waals surface area contributed by atoms with E-state index in [9.17, 15) is 5.11 Å². The Morgan fingerprint density at radius 2 is 1.65 bits per heavy atom. The van der Waals surface area contributed by atoms with E-state index in [-0.39, 0.29) is 20.8 Å². The van der Waals surface area contributed by atoms with Crippen LogP contribution in [0.3, 0.4) is 0 Å². The first-order valence-corrected chi connectivity index (χ1v) is 10.6. The number of aliphatic hydroxyl groups excluding tert-OH is 1. The van der Waals surface area contributed by atoms with Crippen LogP contribution in [-0.4, -0.2) is 35.3 Å². The monoisotopic (exact) mass is 384 g/mol. The summed E-state index contributed by atoms with van der Waals surface area (Å²) in [4.78, 5) is 0.110. The molecule has 0 heterocycles. The van der Waals surface area contributed by atoms with E-state index < -0.39 is 14.4 Å². The van der Waals surface area contributed by atoms with E-state index in [1.54, 1.807) is 0 Å². The highest BCUT2D eigenvalue weighted by molar-refractivity contribution is 9.12. The minimum atomic E-state index is -1.77. The highest BCUT2D eigenvalue weighted by Gasteiger charge is 2.42. The van der Waals surface area contributed by atoms with Gasteiger partial charge in [-0.1, -0.05) is 64.8 Å². The van der Waals surface area contributed by atoms with Gasteiger partial charge in [-0.2, -0.15) is 0 Å². The molecule has 0 saturated carbocycles. The molecule has 0 amide bonds. The first-order valence-electron chi connectivity index (χ1n) is 5.88. The summed E-state index contributed by atoms with van der Waals surface area (Å²) in [5, 5.41) is 9.92. The molecule has 1 aliphatic rings. The Labute approximate surface area is 122 Å². The third-order valence-electron chi connectivity index (χ3n) is 3.68. The Balaban J connectivity index is 2.80. The van der Waals surface area contributed by atoms with E-state index in [1.807, 2.05) is 12.2 Å². The maximum atomic E-state index is 9.72. The summed E-state index contributed by atoms with van der Waals surface area (Å²) in [5.41, 5.74) is 0. The van der Waals surface area contributed by atoms with Gasteiger partial charge in [-0.05, 0) is 18.1 Å². The van der Waals surface area contributed by atoms with Gasteiger partial charge in [-0.25, -0.2) is 0 Å². The molecule has 17 heavy (non-hydrogen) atoms. The standard InChI is InChI=1S/C12H22Br2O2Si/c1-12(2,3)17(4,5)16-9-7-6-8(15)10(13)11(9)14/h6-11,15H,1-5H3/t8-,9-,10+,11+/m0/s1. The largest absolute Gasteiger partial charge is 0.409 e. The van der Waals surface area contributed by atoms with Crippen molar-refractivity contribution >= 4 is 40.2 Å². The first kappa shape index (κ1) is 15.9. The zero-order valence-electron chi connectivity index (χ0n) is 11.1. The molecule has 0 radical (unpaired) electrons. The summed E-state index contributed by atoms with van der Waals surface area (Å²) in [6, 6.07) is 0. The van der Waals surface area contributed by atoms with Gasteiger partial charge in [0.25, 0.3) is 0 Å². The SMILES string of the molecule is CC(C)(C)[Si](C)(C)O[C@H]1C=C[C@H](O)[C@@H](Br)[C@@H]1Br. The van der Waals surface area contributed by atoms with Crippen LogP contribution in [0.4, 0.5) is 0 Å². The van der Waals surface area contributed by atoms with Gasteiger partial charge in [0.15, 0.2) is 8.32 Å². The highest BCUT2D eigenvalue weighted by atomic mass is 79.9. The summed E-state index contributed by atoms with van der Waals surface area (Å²) in [6.45, 7) is 11.2. The van der Waals surface area contributed by atoms with Gasteiger partial charge >= 0.3 is 0 Å². The fourth-order valence-electron chi connectivity index (χ4n) is 1.43. The molecule has 0 aromatic carbocycles. The Kier molecular flexibility index (Phi) is 5.09. The lowest BCUT2D eigenvalue weighted by Gasteiger charge is -2.41. The molecule has 0 fully saturated rings. The third-order valence-corrected chi connectivity index (χ3v) is 11.1. The van der Waals surface area contributed by atoms with Crippen molar-refractivity contribution in [2.75, 3.05) is 0 Å². The van der Waals surface area contributed by atoms with Crippen molar-refractivity contribution < 1.29 is 9.53 Å². The lowest BCUT2D eigenvalue weighted by Crippen LogP contribution is -2.49. The molecular weight excluding hydrogens is 364 g/mol. The zero-order chi connectivity index (χ0) is 13.4. The van der Waals surface area contributed by atoms with Crippen molar-refractivity contribution in [2.45, 2.75) is 60.8 Å². The molecule has 0 aliphatic heterocycles. The summed E-state index contributed by atoms with van der Waals surface area (Å²) in [6.07, 6.45) is 3.37. The molecule has 0 saturated heterocycles. The summed E-state index contributed by atoms with van der Waals surface area (Å²) in [7, 11) is -1.77. The average Bonchev–Trinajstić information content (AvgIpc) is 2.17. The molecule has 1 aliphatic carbocycles. The Morgan fingerprint density at radius 3 is 2.12 bits per heavy atom. The second-order valence-electron chi connectivity index (χ2n) is 6.11. The number of aliphatic hydroxyl groups is 1. The molecule has 4 atom stereocenters. The van der Waals surface area contributed by atoms with Crippen molar-refractivity contribution in [2.24, 2.45) is 0 Å². The van der Waals surface area contributed by atoms with Crippen LogP contribution in [0.2, 0.25) is 18.1 Å². The van der Waals surface area contributed by atoms with E-state index in [0.717, 1.165) is 0 Å². The minimum Gasteiger partial charge on any atom is -0.409 e. The molecular formula is C12H22Br2O2Si. The van der Waals surface area contributed by atoms with Crippen LogP contribution in [-0.2, 0) is 4.43 Å². The van der Waals surface area contributed by atoms with Gasteiger partial charge in [0.2, 0.25) is 0 Å². The Hall–Kier alpha value is 0.837. The quantitative estimate of drug-likeness (QED) is 0.444. The van der Waals surface area contributed by atoms with Gasteiger partial charge in [-0.15, -0.1) is 0 Å². The Bertz CT molecular complexity index is 299. The average molecular weight is 386 g/mol. The van der Waals surface area contributed by atoms with Crippen molar-refractivity contribution in [3.8, 4) is 0 Å². The minimum absolute atomic E-state index is 0.00210. The van der Waals surface area contributed by atoms with E-state index in [4.69, 9.17) is 4.43 Å². The van der Waals surface area contributed by atoms with E-state index >= 15 is 0 Å². The first-order chi connectivity index (χ1) is 7.56.